The van der Waals surface area contributed by atoms with Gasteiger partial charge in [0.1, 0.15) is 5.69 Å². The molecule has 0 unspecified atom stereocenters. The van der Waals surface area contributed by atoms with Crippen molar-refractivity contribution in [1.82, 2.24) is 25.1 Å². The van der Waals surface area contributed by atoms with Crippen LogP contribution in [-0.2, 0) is 4.79 Å². The predicted octanol–water partition coefficient (Wildman–Crippen LogP) is 4.09. The number of carbonyl (C=O) groups is 1. The Hall–Kier alpha value is -3.01. The summed E-state index contributed by atoms with van der Waals surface area (Å²) in [6, 6.07) is 16.1. The van der Waals surface area contributed by atoms with E-state index in [1.165, 1.54) is 16.4 Å². The number of thioether (sulfide) groups is 1. The van der Waals surface area contributed by atoms with Gasteiger partial charge in [-0.1, -0.05) is 53.2 Å². The standard InChI is InChI=1S/C19H15Cl2N7OS/c20-12-6-4-11(5-7-12)15-9-16(25-24-15)18-26-27-19(28(18)22)30-10-17(29)23-14-3-1-2-13(21)8-14/h1-9H,10,22H2,(H,23,29)(H,24,25). The third-order valence-corrected chi connectivity index (χ3v) is 5.49. The average Bonchev–Trinajstić information content (AvgIpc) is 3.34. The van der Waals surface area contributed by atoms with Crippen LogP contribution in [0.25, 0.3) is 22.8 Å². The molecule has 0 fully saturated rings. The second-order valence-corrected chi connectivity index (χ2v) is 8.01. The molecule has 0 saturated carbocycles. The minimum Gasteiger partial charge on any atom is -0.335 e. The van der Waals surface area contributed by atoms with Crippen molar-refractivity contribution >= 4 is 46.6 Å². The van der Waals surface area contributed by atoms with Crippen LogP contribution < -0.4 is 11.2 Å². The number of H-pyrrole nitrogens is 1. The van der Waals surface area contributed by atoms with Crippen LogP contribution in [0.15, 0.2) is 59.8 Å². The van der Waals surface area contributed by atoms with Crippen LogP contribution in [0, 0.1) is 0 Å². The number of nitrogen functional groups attached to an aromatic ring is 1. The molecule has 4 rings (SSSR count). The molecule has 0 aliphatic rings. The highest BCUT2D eigenvalue weighted by Gasteiger charge is 2.16. The van der Waals surface area contributed by atoms with E-state index in [1.807, 2.05) is 18.2 Å². The molecule has 0 aliphatic heterocycles. The van der Waals surface area contributed by atoms with Crippen molar-refractivity contribution in [3.63, 3.8) is 0 Å². The first-order chi connectivity index (χ1) is 14.5. The van der Waals surface area contributed by atoms with Gasteiger partial charge in [-0.25, -0.2) is 4.68 Å². The minimum atomic E-state index is -0.210. The number of aromatic amines is 1. The van der Waals surface area contributed by atoms with Gasteiger partial charge in [-0.05, 0) is 36.4 Å². The number of nitrogens with two attached hydrogens (primary N) is 1. The molecule has 8 nitrogen and oxygen atoms in total. The van der Waals surface area contributed by atoms with Gasteiger partial charge in [-0.3, -0.25) is 9.89 Å². The largest absolute Gasteiger partial charge is 0.335 e. The molecule has 0 bridgehead atoms. The number of nitrogens with zero attached hydrogens (tertiary/aromatic N) is 4. The van der Waals surface area contributed by atoms with Gasteiger partial charge >= 0.3 is 0 Å². The average molecular weight is 460 g/mol. The highest BCUT2D eigenvalue weighted by molar-refractivity contribution is 7.99. The Labute approximate surface area is 185 Å². The third-order valence-electron chi connectivity index (χ3n) is 4.06. The maximum Gasteiger partial charge on any atom is 0.234 e. The van der Waals surface area contributed by atoms with Gasteiger partial charge in [0.25, 0.3) is 0 Å². The molecule has 4 aromatic rings. The molecule has 0 spiro atoms. The Kier molecular flexibility index (Phi) is 5.93. The van der Waals surface area contributed by atoms with Gasteiger partial charge in [0.05, 0.1) is 11.4 Å². The number of amides is 1. The van der Waals surface area contributed by atoms with Gasteiger partial charge in [0.2, 0.25) is 16.9 Å². The molecule has 2 aromatic carbocycles. The Morgan fingerprint density at radius 2 is 1.90 bits per heavy atom. The van der Waals surface area contributed by atoms with E-state index in [1.54, 1.807) is 36.4 Å². The molecule has 0 radical (unpaired) electrons. The zero-order chi connectivity index (χ0) is 21.1. The molecular formula is C19H15Cl2N7OS. The number of carbonyl (C=O) groups excluding carboxylic acids is 1. The normalized spacial score (nSPS) is 10.9. The minimum absolute atomic E-state index is 0.112. The first kappa shape index (κ1) is 20.3. The van der Waals surface area contributed by atoms with E-state index in [0.717, 1.165) is 11.3 Å². The van der Waals surface area contributed by atoms with Gasteiger partial charge in [-0.15, -0.1) is 10.2 Å². The molecule has 0 aliphatic carbocycles. The summed E-state index contributed by atoms with van der Waals surface area (Å²) in [5.74, 6) is 6.42. The number of benzene rings is 2. The van der Waals surface area contributed by atoms with E-state index in [2.05, 4.69) is 25.7 Å². The Morgan fingerprint density at radius 3 is 2.67 bits per heavy atom. The fourth-order valence-corrected chi connectivity index (χ4v) is 3.63. The lowest BCUT2D eigenvalue weighted by molar-refractivity contribution is -0.113. The van der Waals surface area contributed by atoms with E-state index in [9.17, 15) is 4.79 Å². The monoisotopic (exact) mass is 459 g/mol. The zero-order valence-corrected chi connectivity index (χ0v) is 17.7. The second-order valence-electron chi connectivity index (χ2n) is 6.20. The molecule has 2 heterocycles. The Morgan fingerprint density at radius 1 is 1.10 bits per heavy atom. The number of hydrogen-bond acceptors (Lipinski definition) is 6. The number of anilines is 1. The van der Waals surface area contributed by atoms with Crippen molar-refractivity contribution in [3.05, 3.63) is 64.6 Å². The van der Waals surface area contributed by atoms with Crippen molar-refractivity contribution in [2.45, 2.75) is 5.16 Å². The Bertz CT molecular complexity index is 1190. The molecular weight excluding hydrogens is 445 g/mol. The number of rotatable bonds is 6. The summed E-state index contributed by atoms with van der Waals surface area (Å²) >= 11 is 13.0. The number of nitrogens with one attached hydrogen (secondary N) is 2. The van der Waals surface area contributed by atoms with Gasteiger partial charge < -0.3 is 11.2 Å². The lowest BCUT2D eigenvalue weighted by Gasteiger charge is -2.05. The van der Waals surface area contributed by atoms with Crippen LogP contribution >= 0.6 is 35.0 Å². The fraction of sp³-hybridized carbons (Fsp3) is 0.0526. The van der Waals surface area contributed by atoms with Crippen molar-refractivity contribution < 1.29 is 4.79 Å². The molecule has 152 valence electrons. The first-order valence-corrected chi connectivity index (χ1v) is 10.4. The number of aromatic nitrogens is 5. The van der Waals surface area contributed by atoms with E-state index in [4.69, 9.17) is 29.0 Å². The van der Waals surface area contributed by atoms with E-state index >= 15 is 0 Å². The van der Waals surface area contributed by atoms with Crippen LogP contribution in [-0.4, -0.2) is 36.7 Å². The smallest absolute Gasteiger partial charge is 0.234 e. The molecule has 1 amide bonds. The maximum absolute atomic E-state index is 12.2. The van der Waals surface area contributed by atoms with Gasteiger partial charge in [0, 0.05) is 21.3 Å². The van der Waals surface area contributed by atoms with Crippen LogP contribution in [0.5, 0.6) is 0 Å². The summed E-state index contributed by atoms with van der Waals surface area (Å²) in [5, 5.41) is 19.7. The first-order valence-electron chi connectivity index (χ1n) is 8.70. The third kappa shape index (κ3) is 4.59. The number of hydrogen-bond donors (Lipinski definition) is 3. The summed E-state index contributed by atoms with van der Waals surface area (Å²) in [6.07, 6.45) is 0. The molecule has 0 atom stereocenters. The summed E-state index contributed by atoms with van der Waals surface area (Å²) in [5.41, 5.74) is 2.84. The summed E-state index contributed by atoms with van der Waals surface area (Å²) in [7, 11) is 0. The molecule has 30 heavy (non-hydrogen) atoms. The van der Waals surface area contributed by atoms with E-state index in [-0.39, 0.29) is 11.7 Å². The zero-order valence-electron chi connectivity index (χ0n) is 15.3. The van der Waals surface area contributed by atoms with Crippen LogP contribution in [0.1, 0.15) is 0 Å². The molecule has 0 saturated heterocycles. The Balaban J connectivity index is 1.42. The van der Waals surface area contributed by atoms with Crippen molar-refractivity contribution in [2.75, 3.05) is 16.9 Å². The van der Waals surface area contributed by atoms with Crippen LogP contribution in [0.3, 0.4) is 0 Å². The molecule has 2 aromatic heterocycles. The highest BCUT2D eigenvalue weighted by atomic mass is 35.5. The molecule has 11 heteroatoms. The quantitative estimate of drug-likeness (QED) is 0.295. The lowest BCUT2D eigenvalue weighted by atomic mass is 10.1. The summed E-state index contributed by atoms with van der Waals surface area (Å²) < 4.78 is 1.32. The summed E-state index contributed by atoms with van der Waals surface area (Å²) in [4.78, 5) is 12.2. The van der Waals surface area contributed by atoms with Gasteiger partial charge in [-0.2, -0.15) is 5.10 Å². The van der Waals surface area contributed by atoms with Crippen molar-refractivity contribution in [3.8, 4) is 22.8 Å². The SMILES string of the molecule is Nn1c(SCC(=O)Nc2cccc(Cl)c2)nnc1-c1cc(-c2ccc(Cl)cc2)n[nH]1. The second kappa shape index (κ2) is 8.78. The van der Waals surface area contributed by atoms with E-state index in [0.29, 0.717) is 32.4 Å². The van der Waals surface area contributed by atoms with Crippen LogP contribution in [0.2, 0.25) is 10.0 Å². The van der Waals surface area contributed by atoms with E-state index < -0.39 is 0 Å². The van der Waals surface area contributed by atoms with Gasteiger partial charge in [0.15, 0.2) is 0 Å². The fourth-order valence-electron chi connectivity index (χ4n) is 2.66. The van der Waals surface area contributed by atoms with Crippen molar-refractivity contribution in [1.29, 1.82) is 0 Å². The number of halogens is 2. The van der Waals surface area contributed by atoms with Crippen molar-refractivity contribution in [2.24, 2.45) is 0 Å². The molecule has 4 N–H and O–H groups in total. The topological polar surface area (TPSA) is 115 Å². The maximum atomic E-state index is 12.2. The lowest BCUT2D eigenvalue weighted by Crippen LogP contribution is -2.16. The summed E-state index contributed by atoms with van der Waals surface area (Å²) in [6.45, 7) is 0. The van der Waals surface area contributed by atoms with Crippen LogP contribution in [0.4, 0.5) is 5.69 Å². The predicted molar refractivity (Wildman–Crippen MR) is 119 cm³/mol. The highest BCUT2D eigenvalue weighted by Crippen LogP contribution is 2.25.